The lowest BCUT2D eigenvalue weighted by molar-refractivity contribution is 0.123. The van der Waals surface area contributed by atoms with Crippen molar-refractivity contribution >= 4 is 11.8 Å². The Morgan fingerprint density at radius 1 is 1.22 bits per heavy atom. The number of hydrogen-bond donors (Lipinski definition) is 1. The third kappa shape index (κ3) is 4.93. The van der Waals surface area contributed by atoms with Crippen LogP contribution in [-0.2, 0) is 6.54 Å². The van der Waals surface area contributed by atoms with Gasteiger partial charge >= 0.3 is 0 Å². The number of nitrogens with zero attached hydrogens (tertiary/aromatic N) is 4. The van der Waals surface area contributed by atoms with Crippen molar-refractivity contribution in [3.05, 3.63) is 67.3 Å². The Balaban J connectivity index is 1.63. The molecule has 140 valence electrons. The molecule has 6 nitrogen and oxygen atoms in total. The fourth-order valence-electron chi connectivity index (χ4n) is 2.37. The standard InChI is InChI=1S/C19H19FN4O2S/c1-2-11-24-18(14-7-9-21-10-8-14)22-23-19(24)27-13-15(25)12-26-17-6-4-3-5-16(17)20/h2-10,15,25H,1,11-13H2/t15-/m1/s1. The molecular formula is C19H19FN4O2S. The van der Waals surface area contributed by atoms with Gasteiger partial charge in [-0.3, -0.25) is 9.55 Å². The Kier molecular flexibility index (Phi) is 6.56. The third-order valence-electron chi connectivity index (χ3n) is 3.64. The van der Waals surface area contributed by atoms with Gasteiger partial charge < -0.3 is 9.84 Å². The molecule has 1 atom stereocenters. The number of hydrogen-bond acceptors (Lipinski definition) is 6. The van der Waals surface area contributed by atoms with Crippen LogP contribution in [0.3, 0.4) is 0 Å². The molecule has 0 bridgehead atoms. The number of halogens is 1. The lowest BCUT2D eigenvalue weighted by Crippen LogP contribution is -2.20. The second kappa shape index (κ2) is 9.29. The summed E-state index contributed by atoms with van der Waals surface area (Å²) in [6.45, 7) is 4.30. The summed E-state index contributed by atoms with van der Waals surface area (Å²) in [7, 11) is 0. The molecule has 0 saturated carbocycles. The zero-order chi connectivity index (χ0) is 19.1. The normalized spacial score (nSPS) is 11.9. The van der Waals surface area contributed by atoms with E-state index in [0.29, 0.717) is 23.3 Å². The van der Waals surface area contributed by atoms with Crippen molar-refractivity contribution in [1.82, 2.24) is 19.7 Å². The van der Waals surface area contributed by atoms with Crippen molar-refractivity contribution in [1.29, 1.82) is 0 Å². The maximum absolute atomic E-state index is 13.5. The van der Waals surface area contributed by atoms with Crippen LogP contribution in [0.15, 0.2) is 66.6 Å². The summed E-state index contributed by atoms with van der Waals surface area (Å²) in [5.41, 5.74) is 0.898. The fraction of sp³-hybridized carbons (Fsp3) is 0.211. The average Bonchev–Trinajstić information content (AvgIpc) is 3.09. The van der Waals surface area contributed by atoms with E-state index in [1.165, 1.54) is 23.9 Å². The molecule has 1 N–H and O–H groups in total. The molecule has 2 heterocycles. The maximum atomic E-state index is 13.5. The molecule has 2 aromatic heterocycles. The number of aliphatic hydroxyl groups is 1. The number of ether oxygens (including phenoxy) is 1. The largest absolute Gasteiger partial charge is 0.488 e. The second-order valence-corrected chi connectivity index (χ2v) is 6.63. The van der Waals surface area contributed by atoms with E-state index < -0.39 is 11.9 Å². The van der Waals surface area contributed by atoms with E-state index in [4.69, 9.17) is 4.74 Å². The minimum absolute atomic E-state index is 0.0132. The zero-order valence-electron chi connectivity index (χ0n) is 14.5. The number of pyridine rings is 1. The molecule has 0 unspecified atom stereocenters. The first-order valence-electron chi connectivity index (χ1n) is 8.31. The predicted molar refractivity (Wildman–Crippen MR) is 102 cm³/mol. The maximum Gasteiger partial charge on any atom is 0.191 e. The lowest BCUT2D eigenvalue weighted by Gasteiger charge is -2.13. The highest BCUT2D eigenvalue weighted by Crippen LogP contribution is 2.24. The molecule has 0 spiro atoms. The minimum Gasteiger partial charge on any atom is -0.488 e. The van der Waals surface area contributed by atoms with E-state index in [0.717, 1.165) is 5.56 Å². The highest BCUT2D eigenvalue weighted by Gasteiger charge is 2.16. The average molecular weight is 386 g/mol. The molecule has 0 saturated heterocycles. The molecule has 3 aromatic rings. The van der Waals surface area contributed by atoms with Gasteiger partial charge in [-0.2, -0.15) is 0 Å². The number of aromatic nitrogens is 4. The van der Waals surface area contributed by atoms with Gasteiger partial charge in [0.25, 0.3) is 0 Å². The van der Waals surface area contributed by atoms with Crippen LogP contribution in [0.1, 0.15) is 0 Å². The summed E-state index contributed by atoms with van der Waals surface area (Å²) in [6.07, 6.45) is 4.36. The van der Waals surface area contributed by atoms with Gasteiger partial charge in [-0.05, 0) is 24.3 Å². The van der Waals surface area contributed by atoms with Crippen LogP contribution in [0, 0.1) is 5.82 Å². The number of benzene rings is 1. The highest BCUT2D eigenvalue weighted by atomic mass is 32.2. The smallest absolute Gasteiger partial charge is 0.191 e. The van der Waals surface area contributed by atoms with E-state index in [9.17, 15) is 9.50 Å². The predicted octanol–water partition coefficient (Wildman–Crippen LogP) is 3.20. The van der Waals surface area contributed by atoms with Crippen LogP contribution in [0.2, 0.25) is 0 Å². The van der Waals surface area contributed by atoms with E-state index in [2.05, 4.69) is 21.8 Å². The molecule has 0 aliphatic heterocycles. The van der Waals surface area contributed by atoms with Crippen molar-refractivity contribution in [2.45, 2.75) is 17.8 Å². The SMILES string of the molecule is C=CCn1c(SC[C@H](O)COc2ccccc2F)nnc1-c1ccncc1. The molecule has 0 amide bonds. The van der Waals surface area contributed by atoms with Crippen LogP contribution in [0.4, 0.5) is 4.39 Å². The Labute approximate surface area is 160 Å². The molecule has 0 radical (unpaired) electrons. The van der Waals surface area contributed by atoms with E-state index in [-0.39, 0.29) is 12.4 Å². The van der Waals surface area contributed by atoms with Gasteiger partial charge in [0.1, 0.15) is 6.61 Å². The molecule has 3 rings (SSSR count). The van der Waals surface area contributed by atoms with Gasteiger partial charge in [-0.25, -0.2) is 4.39 Å². The highest BCUT2D eigenvalue weighted by molar-refractivity contribution is 7.99. The number of allylic oxidation sites excluding steroid dienone is 1. The van der Waals surface area contributed by atoms with Crippen molar-refractivity contribution in [2.75, 3.05) is 12.4 Å². The summed E-state index contributed by atoms with van der Waals surface area (Å²) < 4.78 is 20.8. The Morgan fingerprint density at radius 3 is 2.74 bits per heavy atom. The summed E-state index contributed by atoms with van der Waals surface area (Å²) in [4.78, 5) is 4.01. The minimum atomic E-state index is -0.784. The first-order valence-corrected chi connectivity index (χ1v) is 9.30. The van der Waals surface area contributed by atoms with Gasteiger partial charge in [-0.15, -0.1) is 16.8 Å². The number of aliphatic hydroxyl groups excluding tert-OH is 1. The van der Waals surface area contributed by atoms with Crippen LogP contribution in [0.5, 0.6) is 5.75 Å². The fourth-order valence-corrected chi connectivity index (χ4v) is 3.22. The van der Waals surface area contributed by atoms with Crippen molar-refractivity contribution in [3.63, 3.8) is 0 Å². The molecule has 1 aromatic carbocycles. The van der Waals surface area contributed by atoms with Crippen LogP contribution in [-0.4, -0.2) is 43.3 Å². The Hall–Kier alpha value is -2.71. The molecule has 0 fully saturated rings. The van der Waals surface area contributed by atoms with Gasteiger partial charge in [0, 0.05) is 30.3 Å². The van der Waals surface area contributed by atoms with Crippen LogP contribution >= 0.6 is 11.8 Å². The first kappa shape index (κ1) is 19.1. The van der Waals surface area contributed by atoms with E-state index in [1.807, 2.05) is 16.7 Å². The molecule has 8 heteroatoms. The van der Waals surface area contributed by atoms with Crippen molar-refractivity contribution in [3.8, 4) is 17.1 Å². The lowest BCUT2D eigenvalue weighted by atomic mass is 10.2. The molecule has 0 aliphatic carbocycles. The van der Waals surface area contributed by atoms with Gasteiger partial charge in [-0.1, -0.05) is 30.0 Å². The molecule has 0 aliphatic rings. The summed E-state index contributed by atoms with van der Waals surface area (Å²) in [5.74, 6) is 0.707. The zero-order valence-corrected chi connectivity index (χ0v) is 15.3. The summed E-state index contributed by atoms with van der Waals surface area (Å²) >= 11 is 1.35. The number of para-hydroxylation sites is 1. The summed E-state index contributed by atoms with van der Waals surface area (Å²) in [6, 6.07) is 9.81. The van der Waals surface area contributed by atoms with Crippen molar-refractivity contribution < 1.29 is 14.2 Å². The van der Waals surface area contributed by atoms with Gasteiger partial charge in [0.05, 0.1) is 6.10 Å². The van der Waals surface area contributed by atoms with Gasteiger partial charge in [0.2, 0.25) is 0 Å². The number of rotatable bonds is 9. The number of thioether (sulfide) groups is 1. The Bertz CT molecular complexity index is 888. The van der Waals surface area contributed by atoms with Gasteiger partial charge in [0.15, 0.2) is 22.5 Å². The van der Waals surface area contributed by atoms with E-state index in [1.54, 1.807) is 30.6 Å². The summed E-state index contributed by atoms with van der Waals surface area (Å²) in [5, 5.41) is 19.3. The second-order valence-electron chi connectivity index (χ2n) is 5.65. The third-order valence-corrected chi connectivity index (χ3v) is 4.75. The molecular weight excluding hydrogens is 367 g/mol. The first-order chi connectivity index (χ1) is 13.2. The molecule has 27 heavy (non-hydrogen) atoms. The van der Waals surface area contributed by atoms with Crippen LogP contribution < -0.4 is 4.74 Å². The monoisotopic (exact) mass is 386 g/mol. The van der Waals surface area contributed by atoms with Crippen molar-refractivity contribution in [2.24, 2.45) is 0 Å². The Morgan fingerprint density at radius 2 is 2.00 bits per heavy atom. The van der Waals surface area contributed by atoms with E-state index >= 15 is 0 Å². The van der Waals surface area contributed by atoms with Crippen LogP contribution in [0.25, 0.3) is 11.4 Å². The quantitative estimate of drug-likeness (QED) is 0.450. The topological polar surface area (TPSA) is 73.1 Å².